The molecule has 0 saturated carbocycles. The SMILES string of the molecule is CCOC(=O)[C@@H](C)OP(=O)(COc1ccc(C[C@H](NC(=O)O[C@H]2CO[C@H]3OCC[C@H]32)[C@H](O)CN(CC(C)C)S(=O)(=O)c2ccc(CO)cc2)cc1)Oc1ccccc1. The van der Waals surface area contributed by atoms with Gasteiger partial charge in [0.05, 0.1) is 49.4 Å². The van der Waals surface area contributed by atoms with Crippen molar-refractivity contribution in [2.75, 3.05) is 39.3 Å². The second kappa shape index (κ2) is 20.8. The van der Waals surface area contributed by atoms with Gasteiger partial charge in [-0.3, -0.25) is 4.52 Å². The number of aliphatic hydroxyl groups excluding tert-OH is 2. The normalized spacial score (nSPS) is 20.4. The molecule has 7 atom stereocenters. The van der Waals surface area contributed by atoms with Gasteiger partial charge in [0.1, 0.15) is 17.6 Å². The van der Waals surface area contributed by atoms with Crippen LogP contribution in [-0.4, -0.2) is 105 Å². The number of esters is 1. The molecule has 2 fully saturated rings. The topological polar surface area (TPSA) is 206 Å². The summed E-state index contributed by atoms with van der Waals surface area (Å²) in [5, 5.41) is 23.9. The Kier molecular flexibility index (Phi) is 16.1. The van der Waals surface area contributed by atoms with E-state index in [1.807, 2.05) is 13.8 Å². The summed E-state index contributed by atoms with van der Waals surface area (Å²) in [4.78, 5) is 25.6. The number of fused-ring (bicyclic) bond motifs is 1. The van der Waals surface area contributed by atoms with Crippen molar-refractivity contribution in [1.82, 2.24) is 9.62 Å². The molecule has 0 radical (unpaired) electrons. The molecule has 0 aliphatic carbocycles. The van der Waals surface area contributed by atoms with Gasteiger partial charge >= 0.3 is 19.7 Å². The molecule has 2 aliphatic rings. The lowest BCUT2D eigenvalue weighted by Gasteiger charge is -2.31. The lowest BCUT2D eigenvalue weighted by atomic mass is 10.0. The summed E-state index contributed by atoms with van der Waals surface area (Å²) < 4.78 is 81.8. The van der Waals surface area contributed by atoms with E-state index in [2.05, 4.69) is 5.32 Å². The number of benzene rings is 3. The van der Waals surface area contributed by atoms with Crippen LogP contribution >= 0.6 is 7.60 Å². The van der Waals surface area contributed by atoms with Gasteiger partial charge in [-0.2, -0.15) is 4.31 Å². The van der Waals surface area contributed by atoms with Crippen LogP contribution in [0.5, 0.6) is 11.5 Å². The van der Waals surface area contributed by atoms with Gasteiger partial charge in [0.2, 0.25) is 16.4 Å². The minimum Gasteiger partial charge on any atom is -0.480 e. The lowest BCUT2D eigenvalue weighted by molar-refractivity contribution is -0.150. The van der Waals surface area contributed by atoms with Gasteiger partial charge in [-0.25, -0.2) is 22.6 Å². The Morgan fingerprint density at radius 2 is 1.64 bits per heavy atom. The Morgan fingerprint density at radius 3 is 2.29 bits per heavy atom. The molecule has 0 bridgehead atoms. The van der Waals surface area contributed by atoms with Crippen molar-refractivity contribution in [3.63, 3.8) is 0 Å². The number of sulfonamides is 1. The molecular weight excluding hydrogens is 795 g/mol. The summed E-state index contributed by atoms with van der Waals surface area (Å²) in [6, 6.07) is 19.6. The van der Waals surface area contributed by atoms with Crippen LogP contribution in [-0.2, 0) is 55.9 Å². The van der Waals surface area contributed by atoms with Crippen molar-refractivity contribution in [1.29, 1.82) is 0 Å². The van der Waals surface area contributed by atoms with E-state index < -0.39 is 66.7 Å². The molecule has 58 heavy (non-hydrogen) atoms. The monoisotopic (exact) mass is 848 g/mol. The molecule has 16 nitrogen and oxygen atoms in total. The average molecular weight is 849 g/mol. The largest absolute Gasteiger partial charge is 0.480 e. The van der Waals surface area contributed by atoms with Crippen LogP contribution in [0.2, 0.25) is 0 Å². The minimum atomic E-state index is -4.11. The van der Waals surface area contributed by atoms with E-state index in [0.717, 1.165) is 0 Å². The number of nitrogens with one attached hydrogen (secondary N) is 1. The Bertz CT molecular complexity index is 1930. The van der Waals surface area contributed by atoms with Crippen LogP contribution in [0.15, 0.2) is 83.8 Å². The fraction of sp³-hybridized carbons (Fsp3) is 0.500. The molecule has 0 aromatic heterocycles. The fourth-order valence-electron chi connectivity index (χ4n) is 6.48. The van der Waals surface area contributed by atoms with Crippen LogP contribution in [0.3, 0.4) is 0 Å². The van der Waals surface area contributed by atoms with Gasteiger partial charge in [0.25, 0.3) is 0 Å². The maximum absolute atomic E-state index is 13.9. The quantitative estimate of drug-likeness (QED) is 0.0968. The van der Waals surface area contributed by atoms with Gasteiger partial charge in [-0.1, -0.05) is 56.3 Å². The Hall–Kier alpha value is -4.06. The summed E-state index contributed by atoms with van der Waals surface area (Å²) in [6.45, 7) is 6.95. The maximum Gasteiger partial charge on any atom is 0.417 e. The number of carbonyl (C=O) groups is 2. The third-order valence-corrected chi connectivity index (χ3v) is 12.8. The average Bonchev–Trinajstić information content (AvgIpc) is 3.82. The van der Waals surface area contributed by atoms with E-state index >= 15 is 0 Å². The van der Waals surface area contributed by atoms with E-state index in [1.165, 1.54) is 35.5 Å². The Morgan fingerprint density at radius 1 is 0.948 bits per heavy atom. The highest BCUT2D eigenvalue weighted by atomic mass is 32.2. The summed E-state index contributed by atoms with van der Waals surface area (Å²) in [7, 11) is -8.19. The van der Waals surface area contributed by atoms with Crippen LogP contribution in [0.1, 0.15) is 45.2 Å². The number of rotatable bonds is 21. The van der Waals surface area contributed by atoms with Gasteiger partial charge in [0, 0.05) is 13.1 Å². The molecule has 318 valence electrons. The number of ether oxygens (including phenoxy) is 5. The molecule has 2 saturated heterocycles. The van der Waals surface area contributed by atoms with Crippen molar-refractivity contribution in [3.8, 4) is 11.5 Å². The van der Waals surface area contributed by atoms with Crippen molar-refractivity contribution in [3.05, 3.63) is 90.0 Å². The maximum atomic E-state index is 13.9. The third kappa shape index (κ3) is 12.5. The number of alkyl carbamates (subject to hydrolysis) is 1. The van der Waals surface area contributed by atoms with Crippen LogP contribution < -0.4 is 14.6 Å². The molecule has 2 heterocycles. The predicted octanol–water partition coefficient (Wildman–Crippen LogP) is 4.86. The smallest absolute Gasteiger partial charge is 0.417 e. The van der Waals surface area contributed by atoms with Crippen molar-refractivity contribution in [2.24, 2.45) is 11.8 Å². The number of hydrogen-bond acceptors (Lipinski definition) is 14. The second-order valence-electron chi connectivity index (χ2n) is 14.4. The van der Waals surface area contributed by atoms with E-state index in [-0.39, 0.29) is 67.6 Å². The van der Waals surface area contributed by atoms with Crippen LogP contribution in [0.4, 0.5) is 4.79 Å². The summed E-state index contributed by atoms with van der Waals surface area (Å²) in [6.07, 6.45) is -4.29. The number of hydrogen-bond donors (Lipinski definition) is 3. The first-order valence-corrected chi connectivity index (χ1v) is 22.3. The molecule has 3 N–H and O–H groups in total. The van der Waals surface area contributed by atoms with Crippen molar-refractivity contribution >= 4 is 29.7 Å². The number of amides is 1. The number of nitrogens with zero attached hydrogens (tertiary/aromatic N) is 1. The zero-order valence-electron chi connectivity index (χ0n) is 33.0. The highest BCUT2D eigenvalue weighted by Gasteiger charge is 2.44. The van der Waals surface area contributed by atoms with Crippen LogP contribution in [0, 0.1) is 11.8 Å². The molecule has 1 amide bonds. The van der Waals surface area contributed by atoms with Gasteiger partial charge in [0.15, 0.2) is 12.4 Å². The minimum absolute atomic E-state index is 0.00825. The third-order valence-electron chi connectivity index (χ3n) is 9.41. The first kappa shape index (κ1) is 45.0. The summed E-state index contributed by atoms with van der Waals surface area (Å²) in [5.74, 6) is -0.439. The molecule has 1 unspecified atom stereocenters. The van der Waals surface area contributed by atoms with Gasteiger partial charge in [-0.05, 0) is 80.1 Å². The molecule has 3 aromatic carbocycles. The fourth-order valence-corrected chi connectivity index (χ4v) is 9.57. The zero-order valence-corrected chi connectivity index (χ0v) is 34.7. The van der Waals surface area contributed by atoms with E-state index in [1.54, 1.807) is 61.5 Å². The number of para-hydroxylation sites is 1. The van der Waals surface area contributed by atoms with Gasteiger partial charge in [-0.15, -0.1) is 0 Å². The number of carbonyl (C=O) groups excluding carboxylic acids is 2. The standard InChI is InChI=1S/C40H53N2O14PS/c1-5-50-38(45)28(4)55-57(47,56-32-9-7-6-8-10-32)26-53-31-15-11-29(12-16-31)21-35(41-40(46)54-37-25-52-39-34(37)19-20-51-39)36(44)23-42(22-27(2)3)58(48,49)33-17-13-30(24-43)14-18-33/h6-18,27-28,34-37,39,43-44H,5,19-26H2,1-4H3,(H,41,46)/t28-,34+,35+,36-,37+,39-,57?/m1/s1. The second-order valence-corrected chi connectivity index (χ2v) is 18.3. The van der Waals surface area contributed by atoms with E-state index in [9.17, 15) is 32.8 Å². The summed E-state index contributed by atoms with van der Waals surface area (Å²) in [5.41, 5.74) is 1.17. The van der Waals surface area contributed by atoms with Crippen molar-refractivity contribution < 1.29 is 65.5 Å². The van der Waals surface area contributed by atoms with E-state index in [4.69, 9.17) is 32.7 Å². The molecule has 0 spiro atoms. The first-order valence-electron chi connectivity index (χ1n) is 19.2. The first-order chi connectivity index (χ1) is 27.7. The van der Waals surface area contributed by atoms with Crippen molar-refractivity contribution in [2.45, 2.75) is 82.7 Å². The number of aliphatic hydroxyl groups is 2. The molecule has 3 aromatic rings. The Labute approximate surface area is 339 Å². The summed E-state index contributed by atoms with van der Waals surface area (Å²) >= 11 is 0. The molecule has 5 rings (SSSR count). The lowest BCUT2D eigenvalue weighted by Crippen LogP contribution is -2.51. The molecular formula is C40H53N2O14PS. The van der Waals surface area contributed by atoms with E-state index in [0.29, 0.717) is 24.2 Å². The molecule has 2 aliphatic heterocycles. The zero-order chi connectivity index (χ0) is 41.9. The predicted molar refractivity (Wildman–Crippen MR) is 210 cm³/mol. The highest BCUT2D eigenvalue weighted by Crippen LogP contribution is 2.49. The molecule has 18 heteroatoms. The highest BCUT2D eigenvalue weighted by molar-refractivity contribution is 7.89. The van der Waals surface area contributed by atoms with Gasteiger partial charge < -0.3 is 43.7 Å². The van der Waals surface area contributed by atoms with Crippen LogP contribution in [0.25, 0.3) is 0 Å². The Balaban J connectivity index is 1.32.